The van der Waals surface area contributed by atoms with Crippen molar-refractivity contribution >= 4 is 5.96 Å². The van der Waals surface area contributed by atoms with Crippen molar-refractivity contribution < 1.29 is 9.84 Å². The van der Waals surface area contributed by atoms with E-state index < -0.39 is 0 Å². The summed E-state index contributed by atoms with van der Waals surface area (Å²) >= 11 is 0. The summed E-state index contributed by atoms with van der Waals surface area (Å²) < 4.78 is 5.13. The molecule has 1 aromatic rings. The van der Waals surface area contributed by atoms with Crippen molar-refractivity contribution in [3.63, 3.8) is 0 Å². The third-order valence-corrected chi connectivity index (χ3v) is 3.50. The summed E-state index contributed by atoms with van der Waals surface area (Å²) in [5.41, 5.74) is 1.09. The van der Waals surface area contributed by atoms with Crippen LogP contribution in [0.3, 0.4) is 0 Å². The number of nitrogens with one attached hydrogen (secondary N) is 1. The third-order valence-electron chi connectivity index (χ3n) is 3.50. The minimum absolute atomic E-state index is 0.162. The molecule has 0 fully saturated rings. The van der Waals surface area contributed by atoms with E-state index in [-0.39, 0.29) is 5.75 Å². The highest BCUT2D eigenvalue weighted by molar-refractivity contribution is 5.79. The topological polar surface area (TPSA) is 57.1 Å². The summed E-state index contributed by atoms with van der Waals surface area (Å²) in [7, 11) is 3.60. The largest absolute Gasteiger partial charge is 0.504 e. The van der Waals surface area contributed by atoms with E-state index in [9.17, 15) is 5.11 Å². The van der Waals surface area contributed by atoms with Crippen LogP contribution in [0.25, 0.3) is 0 Å². The summed E-state index contributed by atoms with van der Waals surface area (Å²) in [4.78, 5) is 6.81. The summed E-state index contributed by atoms with van der Waals surface area (Å²) in [5.74, 6) is 1.58. The van der Waals surface area contributed by atoms with Gasteiger partial charge in [0.1, 0.15) is 0 Å². The van der Waals surface area contributed by atoms with Crippen molar-refractivity contribution in [3.8, 4) is 11.5 Å². The molecule has 2 N–H and O–H groups in total. The fourth-order valence-electron chi connectivity index (χ4n) is 2.22. The van der Waals surface area contributed by atoms with Crippen LogP contribution in [-0.2, 0) is 6.42 Å². The maximum atomic E-state index is 9.62. The minimum atomic E-state index is 0.162. The molecule has 0 aliphatic rings. The summed E-state index contributed by atoms with van der Waals surface area (Å²) in [5, 5.41) is 12.9. The van der Waals surface area contributed by atoms with Gasteiger partial charge in [0.15, 0.2) is 17.5 Å². The van der Waals surface area contributed by atoms with Gasteiger partial charge in [0.2, 0.25) is 0 Å². The molecule has 1 rings (SSSR count). The lowest BCUT2D eigenvalue weighted by atomic mass is 10.1. The Bertz CT molecular complexity index is 515. The first-order chi connectivity index (χ1) is 11.1. The predicted molar refractivity (Wildman–Crippen MR) is 96.4 cm³/mol. The van der Waals surface area contributed by atoms with Gasteiger partial charge in [-0.3, -0.25) is 4.99 Å². The fourth-order valence-corrected chi connectivity index (χ4v) is 2.22. The van der Waals surface area contributed by atoms with Crippen molar-refractivity contribution in [3.05, 3.63) is 36.4 Å². The van der Waals surface area contributed by atoms with Crippen LogP contribution >= 0.6 is 0 Å². The summed E-state index contributed by atoms with van der Waals surface area (Å²) in [6, 6.07) is 5.41. The number of guanidine groups is 1. The van der Waals surface area contributed by atoms with E-state index in [1.54, 1.807) is 13.2 Å². The Labute approximate surface area is 139 Å². The first kappa shape index (κ1) is 18.9. The highest BCUT2D eigenvalue weighted by Crippen LogP contribution is 2.26. The maximum absolute atomic E-state index is 9.62. The van der Waals surface area contributed by atoms with Gasteiger partial charge in [-0.1, -0.05) is 12.1 Å². The quantitative estimate of drug-likeness (QED) is 0.318. The maximum Gasteiger partial charge on any atom is 0.193 e. The van der Waals surface area contributed by atoms with Crippen LogP contribution in [0.15, 0.2) is 35.8 Å². The molecule has 5 nitrogen and oxygen atoms in total. The molecule has 0 saturated carbocycles. The van der Waals surface area contributed by atoms with Gasteiger partial charge in [-0.2, -0.15) is 0 Å². The van der Waals surface area contributed by atoms with E-state index >= 15 is 0 Å². The number of allylic oxidation sites excluding steroid dienone is 1. The van der Waals surface area contributed by atoms with E-state index in [4.69, 9.17) is 4.74 Å². The van der Waals surface area contributed by atoms with Crippen LogP contribution in [0.4, 0.5) is 0 Å². The summed E-state index contributed by atoms with van der Waals surface area (Å²) in [6.45, 7) is 8.29. The minimum Gasteiger partial charge on any atom is -0.504 e. The predicted octanol–water partition coefficient (Wildman–Crippen LogP) is 2.81. The molecule has 0 heterocycles. The number of methoxy groups -OCH3 is 1. The first-order valence-corrected chi connectivity index (χ1v) is 8.08. The molecule has 0 aromatic heterocycles. The van der Waals surface area contributed by atoms with Crippen molar-refractivity contribution in [1.29, 1.82) is 0 Å². The van der Waals surface area contributed by atoms with Gasteiger partial charge in [-0.05, 0) is 43.9 Å². The SMILES string of the molecule is C=CCCCN(C)C(=NCCc1ccc(O)c(OC)c1)NCC. The molecular weight excluding hydrogens is 290 g/mol. The number of aliphatic imine (C=N–C) groups is 1. The van der Waals surface area contributed by atoms with Crippen LogP contribution in [0.1, 0.15) is 25.3 Å². The van der Waals surface area contributed by atoms with Crippen LogP contribution in [0.2, 0.25) is 0 Å². The van der Waals surface area contributed by atoms with Crippen LogP contribution < -0.4 is 10.1 Å². The van der Waals surface area contributed by atoms with Crippen LogP contribution in [-0.4, -0.2) is 49.8 Å². The number of ether oxygens (including phenoxy) is 1. The molecule has 0 aliphatic heterocycles. The Kier molecular flexibility index (Phi) is 8.65. The van der Waals surface area contributed by atoms with Gasteiger partial charge >= 0.3 is 0 Å². The van der Waals surface area contributed by atoms with Gasteiger partial charge in [0.05, 0.1) is 7.11 Å². The van der Waals surface area contributed by atoms with Crippen molar-refractivity contribution in [2.24, 2.45) is 4.99 Å². The van der Waals surface area contributed by atoms with Gasteiger partial charge in [-0.25, -0.2) is 0 Å². The van der Waals surface area contributed by atoms with Gasteiger partial charge in [-0.15, -0.1) is 6.58 Å². The molecule has 128 valence electrons. The zero-order valence-corrected chi connectivity index (χ0v) is 14.5. The molecule has 0 saturated heterocycles. The Morgan fingerprint density at radius 1 is 1.48 bits per heavy atom. The lowest BCUT2D eigenvalue weighted by Crippen LogP contribution is -2.39. The zero-order chi connectivity index (χ0) is 17.1. The second kappa shape index (κ2) is 10.5. The van der Waals surface area contributed by atoms with E-state index in [1.165, 1.54) is 0 Å². The zero-order valence-electron chi connectivity index (χ0n) is 14.5. The third kappa shape index (κ3) is 6.63. The summed E-state index contributed by atoms with van der Waals surface area (Å²) in [6.07, 6.45) is 4.82. The van der Waals surface area contributed by atoms with Crippen molar-refractivity contribution in [2.45, 2.75) is 26.2 Å². The average molecular weight is 319 g/mol. The Morgan fingerprint density at radius 3 is 2.91 bits per heavy atom. The first-order valence-electron chi connectivity index (χ1n) is 8.08. The number of hydrogen-bond donors (Lipinski definition) is 2. The van der Waals surface area contributed by atoms with Crippen molar-refractivity contribution in [1.82, 2.24) is 10.2 Å². The van der Waals surface area contributed by atoms with E-state index in [0.717, 1.165) is 43.9 Å². The highest BCUT2D eigenvalue weighted by Gasteiger charge is 2.05. The number of aromatic hydroxyl groups is 1. The molecule has 23 heavy (non-hydrogen) atoms. The number of benzene rings is 1. The molecule has 5 heteroatoms. The number of hydrogen-bond acceptors (Lipinski definition) is 3. The van der Waals surface area contributed by atoms with Crippen LogP contribution in [0.5, 0.6) is 11.5 Å². The smallest absolute Gasteiger partial charge is 0.193 e. The van der Waals surface area contributed by atoms with Crippen LogP contribution in [0, 0.1) is 0 Å². The van der Waals surface area contributed by atoms with Gasteiger partial charge < -0.3 is 20.1 Å². The molecular formula is C18H29N3O2. The molecule has 0 aliphatic carbocycles. The standard InChI is InChI=1S/C18H29N3O2/c1-5-7-8-13-21(3)18(19-6-2)20-12-11-15-9-10-16(22)17(14-15)23-4/h5,9-10,14,22H,1,6-8,11-13H2,2-4H3,(H,19,20). The Balaban J connectivity index is 2.61. The fraction of sp³-hybridized carbons (Fsp3) is 0.500. The number of phenolic OH excluding ortho intramolecular Hbond substituents is 1. The molecule has 0 unspecified atom stereocenters. The molecule has 0 bridgehead atoms. The normalized spacial score (nSPS) is 11.2. The average Bonchev–Trinajstić information content (AvgIpc) is 2.55. The number of unbranched alkanes of at least 4 members (excludes halogenated alkanes) is 1. The molecule has 0 radical (unpaired) electrons. The monoisotopic (exact) mass is 319 g/mol. The highest BCUT2D eigenvalue weighted by atomic mass is 16.5. The second-order valence-electron chi connectivity index (χ2n) is 5.34. The van der Waals surface area contributed by atoms with Gasteiger partial charge in [0.25, 0.3) is 0 Å². The molecule has 0 amide bonds. The lowest BCUT2D eigenvalue weighted by molar-refractivity contribution is 0.373. The second-order valence-corrected chi connectivity index (χ2v) is 5.34. The van der Waals surface area contributed by atoms with Gasteiger partial charge in [0, 0.05) is 26.7 Å². The molecule has 0 spiro atoms. The van der Waals surface area contributed by atoms with E-state index in [0.29, 0.717) is 12.3 Å². The Morgan fingerprint density at radius 2 is 2.26 bits per heavy atom. The van der Waals surface area contributed by atoms with E-state index in [1.807, 2.05) is 25.3 Å². The number of nitrogens with zero attached hydrogens (tertiary/aromatic N) is 2. The molecule has 0 atom stereocenters. The van der Waals surface area contributed by atoms with Crippen molar-refractivity contribution in [2.75, 3.05) is 33.8 Å². The number of phenols is 1. The molecule has 1 aromatic carbocycles. The lowest BCUT2D eigenvalue weighted by Gasteiger charge is -2.21. The Hall–Kier alpha value is -2.17. The number of rotatable bonds is 9. The van der Waals surface area contributed by atoms with E-state index in [2.05, 4.69) is 28.7 Å².